The summed E-state index contributed by atoms with van der Waals surface area (Å²) in [7, 11) is 0. The van der Waals surface area contributed by atoms with Crippen molar-refractivity contribution in [1.82, 2.24) is 14.4 Å². The molecule has 4 heterocycles. The molecule has 11 rings (SSSR count). The fourth-order valence-corrected chi connectivity index (χ4v) is 8.84. The summed E-state index contributed by atoms with van der Waals surface area (Å²) in [6, 6.07) is 53.0. The van der Waals surface area contributed by atoms with E-state index >= 15 is 0 Å². The molecule has 0 unspecified atom stereocenters. The fraction of sp³-hybridized carbons (Fsp3) is 0. The van der Waals surface area contributed by atoms with E-state index in [9.17, 15) is 0 Å². The average molecular weight is 628 g/mol. The Hall–Kier alpha value is -6.10. The van der Waals surface area contributed by atoms with Crippen molar-refractivity contribution in [3.63, 3.8) is 0 Å². The lowest BCUT2D eigenvalue weighted by molar-refractivity contribution is 1.25. The Kier molecular flexibility index (Phi) is 5.26. The average Bonchev–Trinajstić information content (AvgIpc) is 3.71. The lowest BCUT2D eigenvalue weighted by Gasteiger charge is -2.12. The van der Waals surface area contributed by atoms with Gasteiger partial charge >= 0.3 is 0 Å². The summed E-state index contributed by atoms with van der Waals surface area (Å²) in [5.74, 6) is 0. The summed E-state index contributed by atoms with van der Waals surface area (Å²) >= 11 is 1.83. The van der Waals surface area contributed by atoms with Crippen molar-refractivity contribution in [2.24, 2.45) is 0 Å². The molecule has 0 aliphatic heterocycles. The molecule has 0 saturated carbocycles. The van der Waals surface area contributed by atoms with Crippen LogP contribution < -0.4 is 0 Å². The Morgan fingerprint density at radius 1 is 0.500 bits per heavy atom. The molecule has 7 aromatic carbocycles. The highest BCUT2D eigenvalue weighted by molar-refractivity contribution is 7.26. The van der Waals surface area contributed by atoms with Gasteiger partial charge in [-0.1, -0.05) is 97.1 Å². The minimum absolute atomic E-state index is 1.01. The monoisotopic (exact) mass is 627 g/mol. The van der Waals surface area contributed by atoms with Crippen LogP contribution >= 0.6 is 11.3 Å². The molecule has 0 saturated heterocycles. The van der Waals surface area contributed by atoms with Crippen molar-refractivity contribution in [1.29, 1.82) is 0 Å². The van der Waals surface area contributed by atoms with Gasteiger partial charge < -0.3 is 0 Å². The number of rotatable bonds is 2. The van der Waals surface area contributed by atoms with Crippen LogP contribution in [0.2, 0.25) is 0 Å². The molecular weight excluding hydrogens is 603 g/mol. The normalized spacial score (nSPS) is 12.2. The Labute approximate surface area is 279 Å². The van der Waals surface area contributed by atoms with Crippen LogP contribution in [0.25, 0.3) is 102 Å². The first-order chi connectivity index (χ1) is 23.8. The third-order valence-electron chi connectivity index (χ3n) is 9.94. The molecule has 48 heavy (non-hydrogen) atoms. The molecule has 0 fully saturated rings. The second kappa shape index (κ2) is 9.71. The lowest BCUT2D eigenvalue weighted by Crippen LogP contribution is -1.93. The van der Waals surface area contributed by atoms with Crippen LogP contribution in [0.15, 0.2) is 152 Å². The van der Waals surface area contributed by atoms with Gasteiger partial charge in [-0.25, -0.2) is 4.98 Å². The smallest absolute Gasteiger partial charge is 0.156 e. The van der Waals surface area contributed by atoms with Crippen molar-refractivity contribution in [2.45, 2.75) is 0 Å². The number of benzene rings is 7. The zero-order chi connectivity index (χ0) is 31.3. The predicted molar refractivity (Wildman–Crippen MR) is 204 cm³/mol. The van der Waals surface area contributed by atoms with Crippen molar-refractivity contribution < 1.29 is 0 Å². The van der Waals surface area contributed by atoms with Gasteiger partial charge in [0.2, 0.25) is 0 Å². The standard InChI is InChI=1S/C44H25N3S/c1-2-9-29-21-32-24-40-38(23-31(32)20-28(29)8-1)46-44-43-37(34-12-5-6-14-41(34)48-43)25-39(47(40)44)27-17-15-26(16-18-27)36-22-30-10-7-19-45-42(30)35-13-4-3-11-33(35)36/h1-25H. The zero-order valence-corrected chi connectivity index (χ0v) is 26.5. The number of hydrogen-bond donors (Lipinski definition) is 0. The van der Waals surface area contributed by atoms with E-state index in [4.69, 9.17) is 9.97 Å². The maximum absolute atomic E-state index is 5.35. The SMILES string of the molecule is c1ccc2cc3cc4c(cc3cc2c1)nc1c2sc3ccccc3c2cc(-c2ccc(-c3cc5cccnc5c5ccccc35)cc2)n41. The van der Waals surface area contributed by atoms with E-state index in [1.54, 1.807) is 0 Å². The van der Waals surface area contributed by atoms with Gasteiger partial charge in [0.15, 0.2) is 5.65 Å². The van der Waals surface area contributed by atoms with Crippen LogP contribution in [0, 0.1) is 0 Å². The Morgan fingerprint density at radius 2 is 1.19 bits per heavy atom. The van der Waals surface area contributed by atoms with Gasteiger partial charge in [0, 0.05) is 32.4 Å². The van der Waals surface area contributed by atoms with Gasteiger partial charge in [-0.05, 0) is 92.2 Å². The van der Waals surface area contributed by atoms with Crippen LogP contribution in [-0.4, -0.2) is 14.4 Å². The van der Waals surface area contributed by atoms with Gasteiger partial charge in [0.25, 0.3) is 0 Å². The molecule has 0 spiro atoms. The van der Waals surface area contributed by atoms with Crippen LogP contribution in [-0.2, 0) is 0 Å². The second-order valence-electron chi connectivity index (χ2n) is 12.7. The van der Waals surface area contributed by atoms with Gasteiger partial charge in [-0.3, -0.25) is 9.38 Å². The molecule has 3 nitrogen and oxygen atoms in total. The lowest BCUT2D eigenvalue weighted by atomic mass is 9.94. The van der Waals surface area contributed by atoms with Crippen LogP contribution in [0.5, 0.6) is 0 Å². The highest BCUT2D eigenvalue weighted by atomic mass is 32.1. The predicted octanol–water partition coefficient (Wildman–Crippen LogP) is 12.2. The Morgan fingerprint density at radius 3 is 2.02 bits per heavy atom. The summed E-state index contributed by atoms with van der Waals surface area (Å²) in [6.07, 6.45) is 1.88. The van der Waals surface area contributed by atoms with Crippen molar-refractivity contribution in [2.75, 3.05) is 0 Å². The highest BCUT2D eigenvalue weighted by Gasteiger charge is 2.19. The van der Waals surface area contributed by atoms with E-state index in [1.807, 2.05) is 23.6 Å². The summed E-state index contributed by atoms with van der Waals surface area (Å²) in [5.41, 5.74) is 8.89. The first kappa shape index (κ1) is 26.0. The van der Waals surface area contributed by atoms with Gasteiger partial charge in [-0.2, -0.15) is 0 Å². The second-order valence-corrected chi connectivity index (χ2v) is 13.7. The van der Waals surface area contributed by atoms with Crippen molar-refractivity contribution in [3.8, 4) is 22.4 Å². The van der Waals surface area contributed by atoms with Gasteiger partial charge in [-0.15, -0.1) is 11.3 Å². The maximum atomic E-state index is 5.35. The van der Waals surface area contributed by atoms with E-state index in [1.165, 1.54) is 63.6 Å². The molecule has 0 aliphatic rings. The molecule has 0 amide bonds. The number of hydrogen-bond acceptors (Lipinski definition) is 3. The fourth-order valence-electron chi connectivity index (χ4n) is 7.68. The number of nitrogens with zero attached hydrogens (tertiary/aromatic N) is 3. The Bertz CT molecular complexity index is 3110. The third kappa shape index (κ3) is 3.69. The van der Waals surface area contributed by atoms with E-state index in [2.05, 4.69) is 144 Å². The molecule has 0 atom stereocenters. The van der Waals surface area contributed by atoms with E-state index in [0.717, 1.165) is 38.8 Å². The third-order valence-corrected chi connectivity index (χ3v) is 11.1. The topological polar surface area (TPSA) is 30.2 Å². The quantitative estimate of drug-likeness (QED) is 0.141. The number of imidazole rings is 1. The first-order valence-electron chi connectivity index (χ1n) is 16.2. The molecule has 222 valence electrons. The molecule has 4 aromatic heterocycles. The molecule has 0 radical (unpaired) electrons. The molecule has 0 N–H and O–H groups in total. The molecule has 11 aromatic rings. The van der Waals surface area contributed by atoms with Gasteiger partial charge in [0.1, 0.15) is 0 Å². The Balaban J connectivity index is 1.18. The van der Waals surface area contributed by atoms with Crippen LogP contribution in [0.4, 0.5) is 0 Å². The van der Waals surface area contributed by atoms with Crippen molar-refractivity contribution in [3.05, 3.63) is 152 Å². The van der Waals surface area contributed by atoms with E-state index in [0.29, 0.717) is 0 Å². The maximum Gasteiger partial charge on any atom is 0.156 e. The summed E-state index contributed by atoms with van der Waals surface area (Å²) in [4.78, 5) is 10.1. The summed E-state index contributed by atoms with van der Waals surface area (Å²) in [6.45, 7) is 0. The van der Waals surface area contributed by atoms with Crippen molar-refractivity contribution >= 4 is 91.4 Å². The number of aromatic nitrogens is 3. The minimum atomic E-state index is 1.01. The number of thiophene rings is 1. The van der Waals surface area contributed by atoms with Crippen LogP contribution in [0.3, 0.4) is 0 Å². The molecule has 4 heteroatoms. The number of pyridine rings is 2. The van der Waals surface area contributed by atoms with Crippen LogP contribution in [0.1, 0.15) is 0 Å². The first-order valence-corrected chi connectivity index (χ1v) is 17.0. The largest absolute Gasteiger partial charge is 0.291 e. The highest BCUT2D eigenvalue weighted by Crippen LogP contribution is 2.42. The molecular formula is C44H25N3S. The van der Waals surface area contributed by atoms with E-state index in [-0.39, 0.29) is 0 Å². The van der Waals surface area contributed by atoms with Gasteiger partial charge in [0.05, 0.1) is 26.9 Å². The summed E-state index contributed by atoms with van der Waals surface area (Å²) < 4.78 is 4.88. The molecule has 0 bridgehead atoms. The molecule has 0 aliphatic carbocycles. The summed E-state index contributed by atoms with van der Waals surface area (Å²) in [5, 5.41) is 11.0. The number of fused-ring (bicyclic) bond motifs is 12. The van der Waals surface area contributed by atoms with E-state index < -0.39 is 0 Å². The minimum Gasteiger partial charge on any atom is -0.291 e. The zero-order valence-electron chi connectivity index (χ0n) is 25.7.